The number of ether oxygens (including phenoxy) is 1. The molecule has 0 amide bonds. The van der Waals surface area contributed by atoms with Crippen LogP contribution in [-0.4, -0.2) is 43.8 Å². The molecule has 2 atom stereocenters. The summed E-state index contributed by atoms with van der Waals surface area (Å²) in [5, 5.41) is 0. The molecule has 1 aliphatic heterocycles. The highest BCUT2D eigenvalue weighted by atomic mass is 16.5. The molecule has 2 aliphatic rings. The molecule has 0 spiro atoms. The molecular formula is C14H28N2O. The van der Waals surface area contributed by atoms with Crippen molar-refractivity contribution in [3.05, 3.63) is 0 Å². The Kier molecular flexibility index (Phi) is 4.45. The van der Waals surface area contributed by atoms with Gasteiger partial charge in [-0.05, 0) is 37.0 Å². The standard InChI is InChI=1S/C14H28N2O/c1-14(2)5-4-13(15)12(10-14)11-16-6-3-8-17-9-7-16/h12-13H,3-11,15H2,1-2H3. The van der Waals surface area contributed by atoms with Gasteiger partial charge in [-0.25, -0.2) is 0 Å². The number of nitrogens with two attached hydrogens (primary N) is 1. The van der Waals surface area contributed by atoms with Crippen LogP contribution in [0.2, 0.25) is 0 Å². The molecule has 1 heterocycles. The minimum Gasteiger partial charge on any atom is -0.380 e. The normalized spacial score (nSPS) is 35.5. The molecule has 2 unspecified atom stereocenters. The summed E-state index contributed by atoms with van der Waals surface area (Å²) >= 11 is 0. The van der Waals surface area contributed by atoms with Crippen LogP contribution in [0, 0.1) is 11.3 Å². The Labute approximate surface area is 106 Å². The van der Waals surface area contributed by atoms with Crippen molar-refractivity contribution in [3.8, 4) is 0 Å². The fraction of sp³-hybridized carbons (Fsp3) is 1.00. The smallest absolute Gasteiger partial charge is 0.0593 e. The molecule has 3 nitrogen and oxygen atoms in total. The highest BCUT2D eigenvalue weighted by Crippen LogP contribution is 2.38. The fourth-order valence-electron chi connectivity index (χ4n) is 3.27. The summed E-state index contributed by atoms with van der Waals surface area (Å²) in [4.78, 5) is 2.55. The summed E-state index contributed by atoms with van der Waals surface area (Å²) < 4.78 is 5.51. The largest absolute Gasteiger partial charge is 0.380 e. The van der Waals surface area contributed by atoms with E-state index in [0.717, 1.165) is 19.8 Å². The van der Waals surface area contributed by atoms with Gasteiger partial charge in [0.2, 0.25) is 0 Å². The van der Waals surface area contributed by atoms with Crippen LogP contribution >= 0.6 is 0 Å². The minimum atomic E-state index is 0.409. The Morgan fingerprint density at radius 2 is 2.12 bits per heavy atom. The number of hydrogen-bond acceptors (Lipinski definition) is 3. The van der Waals surface area contributed by atoms with Gasteiger partial charge in [-0.15, -0.1) is 0 Å². The third-order valence-corrected chi connectivity index (χ3v) is 4.38. The highest BCUT2D eigenvalue weighted by molar-refractivity contribution is 4.88. The second-order valence-electron chi connectivity index (χ2n) is 6.60. The third-order valence-electron chi connectivity index (χ3n) is 4.38. The Bertz CT molecular complexity index is 234. The van der Waals surface area contributed by atoms with Crippen LogP contribution in [-0.2, 0) is 4.74 Å². The second-order valence-corrected chi connectivity index (χ2v) is 6.60. The summed E-state index contributed by atoms with van der Waals surface area (Å²) in [6.45, 7) is 10.0. The van der Waals surface area contributed by atoms with Crippen LogP contribution in [0.25, 0.3) is 0 Å². The molecule has 1 saturated carbocycles. The quantitative estimate of drug-likeness (QED) is 0.801. The maximum absolute atomic E-state index is 6.30. The van der Waals surface area contributed by atoms with Gasteiger partial charge in [-0.1, -0.05) is 13.8 Å². The van der Waals surface area contributed by atoms with Gasteiger partial charge in [0.05, 0.1) is 6.61 Å². The summed E-state index contributed by atoms with van der Waals surface area (Å²) in [7, 11) is 0. The van der Waals surface area contributed by atoms with E-state index in [1.165, 1.54) is 38.8 Å². The van der Waals surface area contributed by atoms with E-state index in [-0.39, 0.29) is 0 Å². The summed E-state index contributed by atoms with van der Waals surface area (Å²) in [6, 6.07) is 0.409. The van der Waals surface area contributed by atoms with Crippen molar-refractivity contribution in [3.63, 3.8) is 0 Å². The number of hydrogen-bond donors (Lipinski definition) is 1. The maximum atomic E-state index is 6.30. The van der Waals surface area contributed by atoms with Crippen molar-refractivity contribution in [1.82, 2.24) is 4.90 Å². The predicted molar refractivity (Wildman–Crippen MR) is 71.0 cm³/mol. The molecule has 2 fully saturated rings. The molecule has 1 aliphatic carbocycles. The molecule has 0 aromatic rings. The zero-order valence-electron chi connectivity index (χ0n) is 11.5. The number of rotatable bonds is 2. The Morgan fingerprint density at radius 3 is 2.94 bits per heavy atom. The lowest BCUT2D eigenvalue weighted by Gasteiger charge is -2.41. The van der Waals surface area contributed by atoms with Crippen molar-refractivity contribution < 1.29 is 4.74 Å². The molecule has 0 aromatic heterocycles. The molecule has 100 valence electrons. The van der Waals surface area contributed by atoms with Crippen LogP contribution in [0.4, 0.5) is 0 Å². The van der Waals surface area contributed by atoms with Crippen LogP contribution < -0.4 is 5.73 Å². The second kappa shape index (κ2) is 5.68. The van der Waals surface area contributed by atoms with Crippen LogP contribution in [0.15, 0.2) is 0 Å². The highest BCUT2D eigenvalue weighted by Gasteiger charge is 2.33. The maximum Gasteiger partial charge on any atom is 0.0593 e. The Balaban J connectivity index is 1.87. The van der Waals surface area contributed by atoms with E-state index >= 15 is 0 Å². The topological polar surface area (TPSA) is 38.5 Å². The molecular weight excluding hydrogens is 212 g/mol. The van der Waals surface area contributed by atoms with Crippen molar-refractivity contribution in [2.75, 3.05) is 32.8 Å². The molecule has 1 saturated heterocycles. The summed E-state index contributed by atoms with van der Waals surface area (Å²) in [6.07, 6.45) is 4.94. The average molecular weight is 240 g/mol. The van der Waals surface area contributed by atoms with Crippen LogP contribution in [0.1, 0.15) is 39.5 Å². The van der Waals surface area contributed by atoms with Gasteiger partial charge in [0.25, 0.3) is 0 Å². The fourth-order valence-corrected chi connectivity index (χ4v) is 3.27. The lowest BCUT2D eigenvalue weighted by atomic mass is 9.70. The van der Waals surface area contributed by atoms with E-state index in [1.807, 2.05) is 0 Å². The monoisotopic (exact) mass is 240 g/mol. The zero-order chi connectivity index (χ0) is 12.3. The van der Waals surface area contributed by atoms with E-state index in [1.54, 1.807) is 0 Å². The molecule has 3 heteroatoms. The van der Waals surface area contributed by atoms with E-state index in [0.29, 0.717) is 17.4 Å². The molecule has 0 aromatic carbocycles. The van der Waals surface area contributed by atoms with Crippen molar-refractivity contribution >= 4 is 0 Å². The van der Waals surface area contributed by atoms with E-state index in [2.05, 4.69) is 18.7 Å². The first-order valence-electron chi connectivity index (χ1n) is 7.12. The summed E-state index contributed by atoms with van der Waals surface area (Å²) in [5.74, 6) is 0.678. The summed E-state index contributed by atoms with van der Waals surface area (Å²) in [5.41, 5.74) is 6.79. The van der Waals surface area contributed by atoms with Crippen molar-refractivity contribution in [2.24, 2.45) is 17.1 Å². The SMILES string of the molecule is CC1(C)CCC(N)C(CN2CCCOCC2)C1. The molecule has 17 heavy (non-hydrogen) atoms. The van der Waals surface area contributed by atoms with Gasteiger partial charge in [-0.2, -0.15) is 0 Å². The van der Waals surface area contributed by atoms with Gasteiger partial charge < -0.3 is 15.4 Å². The minimum absolute atomic E-state index is 0.409. The lowest BCUT2D eigenvalue weighted by Crippen LogP contribution is -2.45. The predicted octanol–water partition coefficient (Wildman–Crippen LogP) is 1.86. The first-order valence-corrected chi connectivity index (χ1v) is 7.12. The lowest BCUT2D eigenvalue weighted by molar-refractivity contribution is 0.106. The van der Waals surface area contributed by atoms with E-state index in [4.69, 9.17) is 10.5 Å². The third kappa shape index (κ3) is 3.94. The van der Waals surface area contributed by atoms with Gasteiger partial charge in [0.1, 0.15) is 0 Å². The van der Waals surface area contributed by atoms with Crippen LogP contribution in [0.3, 0.4) is 0 Å². The van der Waals surface area contributed by atoms with Crippen LogP contribution in [0.5, 0.6) is 0 Å². The Morgan fingerprint density at radius 1 is 1.29 bits per heavy atom. The Hall–Kier alpha value is -0.120. The molecule has 2 rings (SSSR count). The molecule has 0 radical (unpaired) electrons. The van der Waals surface area contributed by atoms with Crippen molar-refractivity contribution in [2.45, 2.75) is 45.6 Å². The first kappa shape index (κ1) is 13.3. The number of nitrogens with zero attached hydrogens (tertiary/aromatic N) is 1. The zero-order valence-corrected chi connectivity index (χ0v) is 11.5. The van der Waals surface area contributed by atoms with Gasteiger partial charge in [-0.3, -0.25) is 0 Å². The van der Waals surface area contributed by atoms with Gasteiger partial charge in [0, 0.05) is 32.3 Å². The van der Waals surface area contributed by atoms with Gasteiger partial charge in [0.15, 0.2) is 0 Å². The van der Waals surface area contributed by atoms with Crippen molar-refractivity contribution in [1.29, 1.82) is 0 Å². The van der Waals surface area contributed by atoms with E-state index < -0.39 is 0 Å². The van der Waals surface area contributed by atoms with E-state index in [9.17, 15) is 0 Å². The molecule has 2 N–H and O–H groups in total. The molecule has 0 bridgehead atoms. The van der Waals surface area contributed by atoms with Gasteiger partial charge >= 0.3 is 0 Å². The average Bonchev–Trinajstić information content (AvgIpc) is 2.52. The first-order chi connectivity index (χ1) is 8.07.